The van der Waals surface area contributed by atoms with Crippen LogP contribution in [0, 0.1) is 0 Å². The number of alkyl halides is 3. The number of aryl methyl sites for hydroxylation is 1. The van der Waals surface area contributed by atoms with E-state index in [0.29, 0.717) is 15.4 Å². The lowest BCUT2D eigenvalue weighted by Crippen LogP contribution is -2.25. The Hall–Kier alpha value is -2.92. The first-order valence-corrected chi connectivity index (χ1v) is 9.01. The number of thiophene rings is 1. The number of carbonyl (C=O) groups excluding carboxylic acids is 1. The molecule has 146 valence electrons. The third kappa shape index (κ3) is 3.02. The molecule has 7 nitrogen and oxygen atoms in total. The summed E-state index contributed by atoms with van der Waals surface area (Å²) in [5.41, 5.74) is -0.300. The van der Waals surface area contributed by atoms with Crippen molar-refractivity contribution in [2.24, 2.45) is 7.05 Å². The average Bonchev–Trinajstić information content (AvgIpc) is 3.29. The van der Waals surface area contributed by atoms with E-state index < -0.39 is 11.7 Å². The minimum absolute atomic E-state index is 0.129. The molecule has 0 aromatic carbocycles. The predicted octanol–water partition coefficient (Wildman–Crippen LogP) is 2.71. The highest BCUT2D eigenvalue weighted by molar-refractivity contribution is 7.20. The molecule has 0 spiro atoms. The summed E-state index contributed by atoms with van der Waals surface area (Å²) in [4.78, 5) is 17.3. The number of rotatable bonds is 4. The smallest absolute Gasteiger partial charge is 0.395 e. The van der Waals surface area contributed by atoms with Gasteiger partial charge in [0.05, 0.1) is 17.0 Å². The van der Waals surface area contributed by atoms with E-state index in [4.69, 9.17) is 5.11 Å². The van der Waals surface area contributed by atoms with Gasteiger partial charge in [-0.3, -0.25) is 14.0 Å². The first-order chi connectivity index (χ1) is 13.3. The van der Waals surface area contributed by atoms with Gasteiger partial charge in [-0.15, -0.1) is 11.3 Å². The molecule has 11 heteroatoms. The van der Waals surface area contributed by atoms with Crippen LogP contribution in [0.15, 0.2) is 30.6 Å². The highest BCUT2D eigenvalue weighted by Crippen LogP contribution is 2.37. The largest absolute Gasteiger partial charge is 0.417 e. The first kappa shape index (κ1) is 18.4. The Kier molecular flexibility index (Phi) is 4.35. The van der Waals surface area contributed by atoms with Crippen molar-refractivity contribution in [3.8, 4) is 5.82 Å². The number of amides is 1. The fourth-order valence-corrected chi connectivity index (χ4v) is 4.04. The zero-order valence-corrected chi connectivity index (χ0v) is 15.3. The molecule has 0 aliphatic carbocycles. The molecule has 4 aromatic heterocycles. The number of aliphatic hydroxyl groups is 1. The molecule has 28 heavy (non-hydrogen) atoms. The molecule has 4 heterocycles. The van der Waals surface area contributed by atoms with Crippen LogP contribution < -0.4 is 5.32 Å². The Bertz CT molecular complexity index is 1170. The highest BCUT2D eigenvalue weighted by atomic mass is 32.1. The van der Waals surface area contributed by atoms with Gasteiger partial charge in [0.25, 0.3) is 5.91 Å². The summed E-state index contributed by atoms with van der Waals surface area (Å²) in [5, 5.41) is 17.3. The molecule has 0 saturated heterocycles. The van der Waals surface area contributed by atoms with Crippen molar-refractivity contribution < 1.29 is 23.1 Å². The van der Waals surface area contributed by atoms with Crippen molar-refractivity contribution in [2.75, 3.05) is 13.2 Å². The van der Waals surface area contributed by atoms with Gasteiger partial charge in [-0.2, -0.15) is 18.3 Å². The molecule has 4 rings (SSSR count). The highest BCUT2D eigenvalue weighted by Gasteiger charge is 2.31. The summed E-state index contributed by atoms with van der Waals surface area (Å²) in [5.74, 6) is -0.0601. The number of hydrogen-bond donors (Lipinski definition) is 2. The lowest BCUT2D eigenvalue weighted by Gasteiger charge is -2.08. The summed E-state index contributed by atoms with van der Waals surface area (Å²) >= 11 is 1.18. The minimum Gasteiger partial charge on any atom is -0.395 e. The number of carbonyl (C=O) groups is 1. The summed E-state index contributed by atoms with van der Waals surface area (Å²) < 4.78 is 41.8. The zero-order valence-electron chi connectivity index (χ0n) is 14.5. The fourth-order valence-electron chi connectivity index (χ4n) is 2.94. The number of nitrogens with one attached hydrogen (secondary N) is 1. The van der Waals surface area contributed by atoms with Crippen molar-refractivity contribution >= 4 is 38.5 Å². The standard InChI is InChI=1S/C17H14F3N5O2S/c1-24-8-11-10-6-12(15(27)21-4-5-26)28-16(10)25(14(11)23-24)13-3-2-9(7-22-13)17(18,19)20/h2-3,6-8,26H,4-5H2,1H3,(H,21,27). The van der Waals surface area contributed by atoms with Crippen LogP contribution in [0.4, 0.5) is 13.2 Å². The number of hydrogen-bond acceptors (Lipinski definition) is 5. The molecule has 0 saturated carbocycles. The molecule has 0 fully saturated rings. The van der Waals surface area contributed by atoms with Gasteiger partial charge in [0, 0.05) is 36.8 Å². The van der Waals surface area contributed by atoms with Crippen LogP contribution in [0.1, 0.15) is 15.2 Å². The Morgan fingerprint density at radius 2 is 2.11 bits per heavy atom. The molecule has 0 unspecified atom stereocenters. The molecule has 0 radical (unpaired) electrons. The minimum atomic E-state index is -4.47. The summed E-state index contributed by atoms with van der Waals surface area (Å²) in [6.07, 6.45) is -1.92. The van der Waals surface area contributed by atoms with Crippen molar-refractivity contribution in [1.82, 2.24) is 24.6 Å². The maximum Gasteiger partial charge on any atom is 0.417 e. The van der Waals surface area contributed by atoms with E-state index in [2.05, 4.69) is 15.4 Å². The topological polar surface area (TPSA) is 85.0 Å². The molecule has 2 N–H and O–H groups in total. The van der Waals surface area contributed by atoms with Gasteiger partial charge in [-0.1, -0.05) is 0 Å². The molecule has 1 amide bonds. The first-order valence-electron chi connectivity index (χ1n) is 8.20. The third-order valence-corrected chi connectivity index (χ3v) is 5.27. The molecular formula is C17H14F3N5O2S. The van der Waals surface area contributed by atoms with Crippen LogP contribution in [0.3, 0.4) is 0 Å². The molecule has 0 aliphatic rings. The average molecular weight is 409 g/mol. The van der Waals surface area contributed by atoms with Gasteiger partial charge in [0.2, 0.25) is 0 Å². The van der Waals surface area contributed by atoms with Gasteiger partial charge in [0.1, 0.15) is 10.6 Å². The Morgan fingerprint density at radius 3 is 2.75 bits per heavy atom. The zero-order chi connectivity index (χ0) is 20.1. The van der Waals surface area contributed by atoms with E-state index in [1.54, 1.807) is 28.6 Å². The number of halogens is 3. The van der Waals surface area contributed by atoms with Crippen molar-refractivity contribution in [3.05, 3.63) is 41.0 Å². The van der Waals surface area contributed by atoms with E-state index in [1.807, 2.05) is 0 Å². The Labute approximate surface area is 160 Å². The quantitative estimate of drug-likeness (QED) is 0.543. The predicted molar refractivity (Wildman–Crippen MR) is 97.6 cm³/mol. The van der Waals surface area contributed by atoms with Crippen LogP contribution in [-0.4, -0.2) is 43.5 Å². The van der Waals surface area contributed by atoms with E-state index >= 15 is 0 Å². The van der Waals surface area contributed by atoms with E-state index in [1.165, 1.54) is 17.4 Å². The number of pyridine rings is 1. The Balaban J connectivity index is 1.88. The van der Waals surface area contributed by atoms with Crippen LogP contribution in [0.25, 0.3) is 27.1 Å². The van der Waals surface area contributed by atoms with Gasteiger partial charge in [-0.05, 0) is 18.2 Å². The Morgan fingerprint density at radius 1 is 1.32 bits per heavy atom. The lowest BCUT2D eigenvalue weighted by atomic mass is 10.3. The second-order valence-electron chi connectivity index (χ2n) is 6.09. The SMILES string of the molecule is Cn1cc2c3cc(C(=O)NCCO)sc3n(-c3ccc(C(F)(F)F)cn3)c2n1. The number of aromatic nitrogens is 4. The summed E-state index contributed by atoms with van der Waals surface area (Å²) in [7, 11) is 1.73. The second kappa shape index (κ2) is 6.60. The number of fused-ring (bicyclic) bond motifs is 3. The molecule has 0 bridgehead atoms. The second-order valence-corrected chi connectivity index (χ2v) is 7.12. The maximum atomic E-state index is 12.8. The van der Waals surface area contributed by atoms with E-state index in [-0.39, 0.29) is 24.9 Å². The van der Waals surface area contributed by atoms with E-state index in [0.717, 1.165) is 23.0 Å². The maximum absolute atomic E-state index is 12.8. The van der Waals surface area contributed by atoms with Crippen molar-refractivity contribution in [3.63, 3.8) is 0 Å². The van der Waals surface area contributed by atoms with Crippen molar-refractivity contribution in [1.29, 1.82) is 0 Å². The van der Waals surface area contributed by atoms with Gasteiger partial charge < -0.3 is 10.4 Å². The van der Waals surface area contributed by atoms with Crippen LogP contribution in [0.5, 0.6) is 0 Å². The number of aliphatic hydroxyl groups excluding tert-OH is 1. The summed E-state index contributed by atoms with van der Waals surface area (Å²) in [6, 6.07) is 3.95. The number of nitrogens with zero attached hydrogens (tertiary/aromatic N) is 4. The fraction of sp³-hybridized carbons (Fsp3) is 0.235. The normalized spacial score (nSPS) is 12.2. The van der Waals surface area contributed by atoms with Gasteiger partial charge in [0.15, 0.2) is 5.65 Å². The van der Waals surface area contributed by atoms with Crippen LogP contribution >= 0.6 is 11.3 Å². The lowest BCUT2D eigenvalue weighted by molar-refractivity contribution is -0.137. The van der Waals surface area contributed by atoms with Gasteiger partial charge >= 0.3 is 6.18 Å². The molecule has 0 atom stereocenters. The van der Waals surface area contributed by atoms with Crippen LogP contribution in [0.2, 0.25) is 0 Å². The van der Waals surface area contributed by atoms with Crippen LogP contribution in [-0.2, 0) is 13.2 Å². The molecule has 0 aliphatic heterocycles. The molecule has 4 aromatic rings. The monoisotopic (exact) mass is 409 g/mol. The summed E-state index contributed by atoms with van der Waals surface area (Å²) in [6.45, 7) is -0.0467. The van der Waals surface area contributed by atoms with Gasteiger partial charge in [-0.25, -0.2) is 4.98 Å². The third-order valence-electron chi connectivity index (χ3n) is 4.15. The van der Waals surface area contributed by atoms with E-state index in [9.17, 15) is 18.0 Å². The van der Waals surface area contributed by atoms with Crippen molar-refractivity contribution in [2.45, 2.75) is 6.18 Å². The molecular weight excluding hydrogens is 395 g/mol.